The molecule has 0 saturated heterocycles. The minimum absolute atomic E-state index is 0.375. The molecule has 1 nitrogen and oxygen atoms in total. The van der Waals surface area contributed by atoms with Crippen molar-refractivity contribution in [3.63, 3.8) is 0 Å². The van der Waals surface area contributed by atoms with Crippen molar-refractivity contribution in [2.24, 2.45) is 11.8 Å². The third-order valence-corrected chi connectivity index (χ3v) is 6.62. The smallest absolute Gasteiger partial charge is 0.0459 e. The highest BCUT2D eigenvalue weighted by Gasteiger charge is 2.28. The summed E-state index contributed by atoms with van der Waals surface area (Å²) in [5, 5.41) is 9.43. The van der Waals surface area contributed by atoms with Crippen LogP contribution in [-0.2, 0) is 12.8 Å². The molecule has 2 aliphatic carbocycles. The minimum atomic E-state index is 0.375. The van der Waals surface area contributed by atoms with Gasteiger partial charge in [-0.05, 0) is 85.5 Å². The van der Waals surface area contributed by atoms with Crippen molar-refractivity contribution in [2.75, 3.05) is 6.61 Å². The molecule has 1 N–H and O–H groups in total. The number of aliphatic hydroxyl groups excluding tert-OH is 1. The molecule has 0 aromatic heterocycles. The molecular weight excluding hydrogens is 292 g/mol. The predicted molar refractivity (Wildman–Crippen MR) is 103 cm³/mol. The molecule has 3 atom stereocenters. The van der Waals surface area contributed by atoms with Crippen LogP contribution in [0.25, 0.3) is 0 Å². The topological polar surface area (TPSA) is 20.2 Å². The van der Waals surface area contributed by atoms with E-state index in [1.54, 1.807) is 16.7 Å². The first-order valence-corrected chi connectivity index (χ1v) is 10.4. The first-order valence-electron chi connectivity index (χ1n) is 10.4. The van der Waals surface area contributed by atoms with Gasteiger partial charge < -0.3 is 5.11 Å². The molecule has 1 fully saturated rings. The first kappa shape index (κ1) is 18.0. The Kier molecular flexibility index (Phi) is 6.38. The van der Waals surface area contributed by atoms with Gasteiger partial charge in [0.15, 0.2) is 0 Å². The van der Waals surface area contributed by atoms with Crippen molar-refractivity contribution in [2.45, 2.75) is 90.4 Å². The molecule has 0 bridgehead atoms. The Balaban J connectivity index is 1.63. The van der Waals surface area contributed by atoms with Crippen molar-refractivity contribution in [3.8, 4) is 0 Å². The maximum atomic E-state index is 9.43. The summed E-state index contributed by atoms with van der Waals surface area (Å²) in [5.74, 6) is 2.15. The van der Waals surface area contributed by atoms with Crippen molar-refractivity contribution >= 4 is 0 Å². The van der Waals surface area contributed by atoms with Gasteiger partial charge in [-0.15, -0.1) is 0 Å². The highest BCUT2D eigenvalue weighted by molar-refractivity contribution is 5.41. The normalized spacial score (nSPS) is 26.5. The molecule has 3 unspecified atom stereocenters. The van der Waals surface area contributed by atoms with Crippen LogP contribution in [0.2, 0.25) is 0 Å². The number of benzene rings is 1. The van der Waals surface area contributed by atoms with E-state index in [0.717, 1.165) is 5.92 Å². The Morgan fingerprint density at radius 3 is 2.62 bits per heavy atom. The summed E-state index contributed by atoms with van der Waals surface area (Å²) in [4.78, 5) is 0. The molecule has 1 heteroatoms. The second kappa shape index (κ2) is 8.52. The molecule has 3 rings (SSSR count). The highest BCUT2D eigenvalue weighted by atomic mass is 16.3. The third kappa shape index (κ3) is 4.23. The standard InChI is InChI=1S/C23H36O/c1-3-4-5-6-7-18-8-10-20-15-23(17(2)12-22(20)13-18)21-11-9-19(14-21)16-24/h12,15,18-19,21,24H,3-11,13-14,16H2,1-2H3. The molecular formula is C23H36O. The lowest BCUT2D eigenvalue weighted by molar-refractivity contribution is 0.228. The predicted octanol–water partition coefficient (Wildman–Crippen LogP) is 5.95. The maximum absolute atomic E-state index is 9.43. The van der Waals surface area contributed by atoms with Crippen LogP contribution in [0.15, 0.2) is 12.1 Å². The number of hydrogen-bond donors (Lipinski definition) is 1. The summed E-state index contributed by atoms with van der Waals surface area (Å²) in [6.45, 7) is 4.98. The van der Waals surface area contributed by atoms with Crippen molar-refractivity contribution < 1.29 is 5.11 Å². The molecule has 24 heavy (non-hydrogen) atoms. The van der Waals surface area contributed by atoms with E-state index >= 15 is 0 Å². The summed E-state index contributed by atoms with van der Waals surface area (Å²) in [5.41, 5.74) is 6.36. The average molecular weight is 329 g/mol. The number of aryl methyl sites for hydroxylation is 2. The zero-order chi connectivity index (χ0) is 16.9. The second-order valence-corrected chi connectivity index (χ2v) is 8.49. The van der Waals surface area contributed by atoms with E-state index in [1.807, 2.05) is 0 Å². The fourth-order valence-corrected chi connectivity index (χ4v) is 5.10. The fourth-order valence-electron chi connectivity index (χ4n) is 5.10. The third-order valence-electron chi connectivity index (χ3n) is 6.62. The summed E-state index contributed by atoms with van der Waals surface area (Å²) >= 11 is 0. The van der Waals surface area contributed by atoms with Crippen LogP contribution in [0, 0.1) is 18.8 Å². The molecule has 1 aromatic rings. The van der Waals surface area contributed by atoms with Crippen LogP contribution in [0.5, 0.6) is 0 Å². The van der Waals surface area contributed by atoms with Gasteiger partial charge in [0.2, 0.25) is 0 Å². The van der Waals surface area contributed by atoms with E-state index in [4.69, 9.17) is 0 Å². The van der Waals surface area contributed by atoms with E-state index in [1.165, 1.54) is 76.2 Å². The Hall–Kier alpha value is -0.820. The number of hydrogen-bond acceptors (Lipinski definition) is 1. The Bertz CT molecular complexity index is 533. The maximum Gasteiger partial charge on any atom is 0.0459 e. The minimum Gasteiger partial charge on any atom is -0.396 e. The zero-order valence-electron chi connectivity index (χ0n) is 15.8. The highest BCUT2D eigenvalue weighted by Crippen LogP contribution is 2.41. The summed E-state index contributed by atoms with van der Waals surface area (Å²) < 4.78 is 0. The van der Waals surface area contributed by atoms with Gasteiger partial charge in [0, 0.05) is 6.61 Å². The van der Waals surface area contributed by atoms with Crippen LogP contribution in [0.4, 0.5) is 0 Å². The van der Waals surface area contributed by atoms with E-state index in [2.05, 4.69) is 26.0 Å². The number of unbranched alkanes of at least 4 members (excludes halogenated alkanes) is 3. The second-order valence-electron chi connectivity index (χ2n) is 8.49. The van der Waals surface area contributed by atoms with Crippen LogP contribution in [0.3, 0.4) is 0 Å². The Labute approximate surface area is 148 Å². The molecule has 2 aliphatic rings. The average Bonchev–Trinajstić information content (AvgIpc) is 3.07. The molecule has 134 valence electrons. The quantitative estimate of drug-likeness (QED) is 0.613. The fraction of sp³-hybridized carbons (Fsp3) is 0.739. The van der Waals surface area contributed by atoms with Crippen LogP contribution < -0.4 is 0 Å². The summed E-state index contributed by atoms with van der Waals surface area (Å²) in [6, 6.07) is 5.05. The summed E-state index contributed by atoms with van der Waals surface area (Å²) in [7, 11) is 0. The van der Waals surface area contributed by atoms with Gasteiger partial charge in [-0.1, -0.05) is 51.2 Å². The number of aliphatic hydroxyl groups is 1. The monoisotopic (exact) mass is 328 g/mol. The van der Waals surface area contributed by atoms with E-state index < -0.39 is 0 Å². The molecule has 0 heterocycles. The van der Waals surface area contributed by atoms with E-state index in [-0.39, 0.29) is 0 Å². The lowest BCUT2D eigenvalue weighted by atomic mass is 9.78. The van der Waals surface area contributed by atoms with Gasteiger partial charge in [-0.25, -0.2) is 0 Å². The van der Waals surface area contributed by atoms with Gasteiger partial charge in [-0.3, -0.25) is 0 Å². The number of rotatable bonds is 7. The van der Waals surface area contributed by atoms with E-state index in [0.29, 0.717) is 18.4 Å². The summed E-state index contributed by atoms with van der Waals surface area (Å²) in [6.07, 6.45) is 14.7. The van der Waals surface area contributed by atoms with Crippen LogP contribution in [0.1, 0.15) is 92.9 Å². The van der Waals surface area contributed by atoms with Crippen LogP contribution >= 0.6 is 0 Å². The lowest BCUT2D eigenvalue weighted by Gasteiger charge is -2.27. The molecule has 0 spiro atoms. The van der Waals surface area contributed by atoms with Crippen molar-refractivity contribution in [3.05, 3.63) is 34.4 Å². The molecule has 0 amide bonds. The zero-order valence-corrected chi connectivity index (χ0v) is 15.8. The largest absolute Gasteiger partial charge is 0.396 e. The van der Waals surface area contributed by atoms with Gasteiger partial charge in [0.1, 0.15) is 0 Å². The first-order chi connectivity index (χ1) is 11.7. The molecule has 1 aromatic carbocycles. The Morgan fingerprint density at radius 1 is 1.00 bits per heavy atom. The molecule has 0 radical (unpaired) electrons. The van der Waals surface area contributed by atoms with Gasteiger partial charge in [0.05, 0.1) is 0 Å². The van der Waals surface area contributed by atoms with Gasteiger partial charge >= 0.3 is 0 Å². The van der Waals surface area contributed by atoms with Gasteiger partial charge in [0.25, 0.3) is 0 Å². The lowest BCUT2D eigenvalue weighted by Crippen LogP contribution is -2.15. The molecule has 1 saturated carbocycles. The van der Waals surface area contributed by atoms with Crippen molar-refractivity contribution in [1.29, 1.82) is 0 Å². The van der Waals surface area contributed by atoms with E-state index in [9.17, 15) is 5.11 Å². The SMILES string of the molecule is CCCCCCC1CCc2cc(C3CCC(CO)C3)c(C)cc2C1. The molecule has 0 aliphatic heterocycles. The van der Waals surface area contributed by atoms with Crippen molar-refractivity contribution in [1.82, 2.24) is 0 Å². The van der Waals surface area contributed by atoms with Gasteiger partial charge in [-0.2, -0.15) is 0 Å². The Morgan fingerprint density at radius 2 is 1.88 bits per heavy atom. The van der Waals surface area contributed by atoms with Crippen LogP contribution in [-0.4, -0.2) is 11.7 Å². The number of fused-ring (bicyclic) bond motifs is 1.